The minimum Gasteiger partial charge on any atom is -0.496 e. The molecule has 3 aromatic rings. The van der Waals surface area contributed by atoms with E-state index in [1.807, 2.05) is 12.1 Å². The maximum absolute atomic E-state index is 6.76. The van der Waals surface area contributed by atoms with E-state index in [-0.39, 0.29) is 11.6 Å². The van der Waals surface area contributed by atoms with Crippen LogP contribution in [0, 0.1) is 20.8 Å². The van der Waals surface area contributed by atoms with E-state index in [0.717, 1.165) is 49.8 Å². The van der Waals surface area contributed by atoms with Crippen LogP contribution in [0.2, 0.25) is 0 Å². The Labute approximate surface area is 234 Å². The van der Waals surface area contributed by atoms with Gasteiger partial charge in [0.05, 0.1) is 19.2 Å². The fourth-order valence-electron chi connectivity index (χ4n) is 7.35. The summed E-state index contributed by atoms with van der Waals surface area (Å²) in [5.74, 6) is 2.03. The van der Waals surface area contributed by atoms with Gasteiger partial charge < -0.3 is 19.7 Å². The Hall–Kier alpha value is -3.02. The van der Waals surface area contributed by atoms with Crippen molar-refractivity contribution in [2.45, 2.75) is 65.1 Å². The maximum Gasteiger partial charge on any atom is 0.128 e. The predicted octanol–water partition coefficient (Wildman–Crippen LogP) is 6.75. The quantitative estimate of drug-likeness (QED) is 0.399. The van der Waals surface area contributed by atoms with Crippen molar-refractivity contribution in [2.24, 2.45) is 0 Å². The zero-order chi connectivity index (χ0) is 27.3. The highest BCUT2D eigenvalue weighted by molar-refractivity contribution is 5.73. The van der Waals surface area contributed by atoms with Crippen LogP contribution >= 0.6 is 0 Å². The summed E-state index contributed by atoms with van der Waals surface area (Å²) >= 11 is 0. The monoisotopic (exact) mass is 525 g/mol. The molecule has 3 aliphatic heterocycles. The fourth-order valence-corrected chi connectivity index (χ4v) is 7.35. The third kappa shape index (κ3) is 4.40. The van der Waals surface area contributed by atoms with E-state index in [4.69, 9.17) is 9.47 Å². The molecule has 0 aromatic heterocycles. The topological polar surface area (TPSA) is 37.0 Å². The lowest BCUT2D eigenvalue weighted by Gasteiger charge is -2.41. The summed E-state index contributed by atoms with van der Waals surface area (Å²) in [7, 11) is 1.74. The summed E-state index contributed by atoms with van der Waals surface area (Å²) in [6.07, 6.45) is 2.56. The highest BCUT2D eigenvalue weighted by Gasteiger charge is 2.48. The van der Waals surface area contributed by atoms with E-state index < -0.39 is 0 Å². The average Bonchev–Trinajstić information content (AvgIpc) is 3.57. The Bertz CT molecular complexity index is 1360. The molecule has 2 saturated heterocycles. The molecule has 0 radical (unpaired) electrons. The van der Waals surface area contributed by atoms with E-state index in [0.29, 0.717) is 6.04 Å². The van der Waals surface area contributed by atoms with Gasteiger partial charge in [0.1, 0.15) is 17.1 Å². The van der Waals surface area contributed by atoms with Gasteiger partial charge in [0.15, 0.2) is 0 Å². The van der Waals surface area contributed by atoms with Crippen LogP contribution in [0.25, 0.3) is 11.1 Å². The third-order valence-corrected chi connectivity index (χ3v) is 9.31. The van der Waals surface area contributed by atoms with Gasteiger partial charge in [-0.25, -0.2) is 0 Å². The van der Waals surface area contributed by atoms with Crippen LogP contribution < -0.4 is 19.7 Å². The SMILES string of the molecule is COc1ccccc1-c1ccc(C2CNCCN2c2c(C)c(C)c3c(c2C)C(N2CCCC2)C(C)(C)O3)cc1. The van der Waals surface area contributed by atoms with Crippen LogP contribution in [-0.4, -0.2) is 50.3 Å². The first kappa shape index (κ1) is 26.2. The molecule has 5 nitrogen and oxygen atoms in total. The zero-order valence-corrected chi connectivity index (χ0v) is 24.4. The summed E-state index contributed by atoms with van der Waals surface area (Å²) in [5.41, 5.74) is 10.3. The summed E-state index contributed by atoms with van der Waals surface area (Å²) < 4.78 is 12.4. The van der Waals surface area contributed by atoms with Gasteiger partial charge in [0, 0.05) is 36.4 Å². The van der Waals surface area contributed by atoms with Crippen molar-refractivity contribution in [3.63, 3.8) is 0 Å². The van der Waals surface area contributed by atoms with E-state index in [1.54, 1.807) is 7.11 Å². The summed E-state index contributed by atoms with van der Waals surface area (Å²) in [4.78, 5) is 5.34. The minimum absolute atomic E-state index is 0.232. The number of nitrogens with zero attached hydrogens (tertiary/aromatic N) is 2. The lowest BCUT2D eigenvalue weighted by Crippen LogP contribution is -2.47. The molecule has 39 heavy (non-hydrogen) atoms. The molecule has 3 aromatic carbocycles. The second kappa shape index (κ2) is 10.2. The number of ether oxygens (including phenoxy) is 2. The van der Waals surface area contributed by atoms with Gasteiger partial charge in [-0.3, -0.25) is 4.90 Å². The van der Waals surface area contributed by atoms with Crippen LogP contribution in [0.5, 0.6) is 11.5 Å². The van der Waals surface area contributed by atoms with Gasteiger partial charge in [-0.2, -0.15) is 0 Å². The van der Waals surface area contributed by atoms with Gasteiger partial charge in [0.25, 0.3) is 0 Å². The molecule has 2 atom stereocenters. The lowest BCUT2D eigenvalue weighted by molar-refractivity contribution is 0.0396. The van der Waals surface area contributed by atoms with Crippen molar-refractivity contribution >= 4 is 5.69 Å². The smallest absolute Gasteiger partial charge is 0.128 e. The van der Waals surface area contributed by atoms with Crippen molar-refractivity contribution in [1.82, 2.24) is 10.2 Å². The molecule has 0 bridgehead atoms. The first-order valence-electron chi connectivity index (χ1n) is 14.6. The molecule has 3 aliphatic rings. The normalized spacial score (nSPS) is 22.6. The van der Waals surface area contributed by atoms with Gasteiger partial charge >= 0.3 is 0 Å². The number of benzene rings is 3. The first-order chi connectivity index (χ1) is 18.8. The van der Waals surface area contributed by atoms with E-state index in [9.17, 15) is 0 Å². The Morgan fingerprint density at radius 2 is 1.62 bits per heavy atom. The molecule has 6 rings (SSSR count). The number of hydrogen-bond donors (Lipinski definition) is 1. The Morgan fingerprint density at radius 3 is 2.33 bits per heavy atom. The Balaban J connectivity index is 1.40. The molecular weight excluding hydrogens is 482 g/mol. The second-order valence-corrected chi connectivity index (χ2v) is 12.1. The van der Waals surface area contributed by atoms with Crippen LogP contribution in [-0.2, 0) is 0 Å². The van der Waals surface area contributed by atoms with Gasteiger partial charge in [0.2, 0.25) is 0 Å². The molecule has 5 heteroatoms. The highest BCUT2D eigenvalue weighted by atomic mass is 16.5. The van der Waals surface area contributed by atoms with Crippen LogP contribution in [0.3, 0.4) is 0 Å². The van der Waals surface area contributed by atoms with Crippen LogP contribution in [0.1, 0.15) is 66.6 Å². The van der Waals surface area contributed by atoms with Crippen molar-refractivity contribution < 1.29 is 9.47 Å². The van der Waals surface area contributed by atoms with Crippen molar-refractivity contribution in [2.75, 3.05) is 44.7 Å². The molecule has 0 saturated carbocycles. The number of likely N-dealkylation sites (tertiary alicyclic amines) is 1. The zero-order valence-electron chi connectivity index (χ0n) is 24.4. The van der Waals surface area contributed by atoms with Gasteiger partial charge in [-0.05, 0) is 94.4 Å². The lowest BCUT2D eigenvalue weighted by atomic mass is 9.86. The Morgan fingerprint density at radius 1 is 0.897 bits per heavy atom. The van der Waals surface area contributed by atoms with E-state index in [1.165, 1.54) is 51.9 Å². The average molecular weight is 526 g/mol. The number of para-hydroxylation sites is 1. The molecule has 0 amide bonds. The Kier molecular flexibility index (Phi) is 6.84. The molecule has 1 N–H and O–H groups in total. The molecule has 3 heterocycles. The van der Waals surface area contributed by atoms with Crippen molar-refractivity contribution in [1.29, 1.82) is 0 Å². The van der Waals surface area contributed by atoms with Gasteiger partial charge in [-0.1, -0.05) is 42.5 Å². The molecule has 2 fully saturated rings. The molecular formula is C34H43N3O2. The largest absolute Gasteiger partial charge is 0.496 e. The maximum atomic E-state index is 6.76. The summed E-state index contributed by atoms with van der Waals surface area (Å²) in [6, 6.07) is 17.9. The third-order valence-electron chi connectivity index (χ3n) is 9.31. The number of rotatable bonds is 5. The number of hydrogen-bond acceptors (Lipinski definition) is 5. The standard InChI is InChI=1S/C34H43N3O2/c1-22-23(2)32-30(33(34(4,5)39-32)36-18-9-10-19-36)24(3)31(22)37-20-17-35-21-28(37)26-15-13-25(14-16-26)27-11-7-8-12-29(27)38-6/h7-8,11-16,28,33,35H,9-10,17-21H2,1-6H3. The molecule has 0 spiro atoms. The number of piperazine rings is 1. The molecule has 0 aliphatic carbocycles. The number of methoxy groups -OCH3 is 1. The second-order valence-electron chi connectivity index (χ2n) is 12.1. The van der Waals surface area contributed by atoms with E-state index in [2.05, 4.69) is 86.1 Å². The number of nitrogens with one attached hydrogen (secondary N) is 1. The van der Waals surface area contributed by atoms with Gasteiger partial charge in [-0.15, -0.1) is 0 Å². The first-order valence-corrected chi connectivity index (χ1v) is 14.6. The van der Waals surface area contributed by atoms with Crippen molar-refractivity contribution in [3.05, 3.63) is 76.3 Å². The van der Waals surface area contributed by atoms with Crippen LogP contribution in [0.15, 0.2) is 48.5 Å². The summed E-state index contributed by atoms with van der Waals surface area (Å²) in [5, 5.41) is 3.68. The minimum atomic E-state index is -0.232. The highest BCUT2D eigenvalue weighted by Crippen LogP contribution is 2.54. The fraction of sp³-hybridized carbons (Fsp3) is 0.471. The van der Waals surface area contributed by atoms with Crippen molar-refractivity contribution in [3.8, 4) is 22.6 Å². The molecule has 2 unspecified atom stereocenters. The predicted molar refractivity (Wildman–Crippen MR) is 160 cm³/mol. The van der Waals surface area contributed by atoms with Crippen LogP contribution in [0.4, 0.5) is 5.69 Å². The number of anilines is 1. The number of fused-ring (bicyclic) bond motifs is 1. The summed E-state index contributed by atoms with van der Waals surface area (Å²) in [6.45, 7) is 16.7. The van der Waals surface area contributed by atoms with E-state index >= 15 is 0 Å². The molecule has 206 valence electrons.